The second kappa shape index (κ2) is 12.5. The number of aliphatic carboxylic acids is 1. The Morgan fingerprint density at radius 1 is 0.854 bits per heavy atom. The molecule has 0 atom stereocenters. The van der Waals surface area contributed by atoms with Crippen molar-refractivity contribution < 1.29 is 14.6 Å². The van der Waals surface area contributed by atoms with Crippen molar-refractivity contribution in [2.24, 2.45) is 0 Å². The van der Waals surface area contributed by atoms with Gasteiger partial charge in [0.15, 0.2) is 0 Å². The van der Waals surface area contributed by atoms with E-state index in [1.807, 2.05) is 86.6 Å². The highest BCUT2D eigenvalue weighted by molar-refractivity contribution is 5.74. The molecule has 5 aromatic rings. The zero-order valence-electron chi connectivity index (χ0n) is 23.3. The van der Waals surface area contributed by atoms with Crippen molar-refractivity contribution >= 4 is 5.97 Å². The van der Waals surface area contributed by atoms with E-state index in [1.54, 1.807) is 4.57 Å². The second-order valence-electron chi connectivity index (χ2n) is 9.99. The van der Waals surface area contributed by atoms with Gasteiger partial charge >= 0.3 is 11.7 Å². The van der Waals surface area contributed by atoms with Crippen molar-refractivity contribution in [3.05, 3.63) is 130 Å². The minimum absolute atomic E-state index is 0.0883. The molecule has 7 heteroatoms. The van der Waals surface area contributed by atoms with E-state index in [4.69, 9.17) is 9.84 Å². The number of ether oxygens (including phenoxy) is 1. The number of aromatic nitrogens is 3. The molecule has 0 saturated carbocycles. The average molecular weight is 548 g/mol. The lowest BCUT2D eigenvalue weighted by atomic mass is 9.98. The van der Waals surface area contributed by atoms with Crippen LogP contribution in [0.2, 0.25) is 0 Å². The van der Waals surface area contributed by atoms with Crippen LogP contribution < -0.4 is 10.4 Å². The van der Waals surface area contributed by atoms with Gasteiger partial charge in [-0.15, -0.1) is 5.10 Å². The Labute approximate surface area is 239 Å². The molecule has 41 heavy (non-hydrogen) atoms. The Morgan fingerprint density at radius 3 is 2.24 bits per heavy atom. The average Bonchev–Trinajstić information content (AvgIpc) is 3.30. The van der Waals surface area contributed by atoms with Crippen LogP contribution in [0, 0.1) is 6.92 Å². The number of aryl methyl sites for hydroxylation is 3. The van der Waals surface area contributed by atoms with Crippen molar-refractivity contribution in [1.82, 2.24) is 14.3 Å². The third kappa shape index (κ3) is 6.47. The van der Waals surface area contributed by atoms with Crippen molar-refractivity contribution in [1.29, 1.82) is 0 Å². The molecule has 0 aliphatic rings. The summed E-state index contributed by atoms with van der Waals surface area (Å²) in [5.74, 6) is 0.438. The number of benzene rings is 4. The molecule has 1 N–H and O–H groups in total. The summed E-state index contributed by atoms with van der Waals surface area (Å²) >= 11 is 0. The fourth-order valence-corrected chi connectivity index (χ4v) is 4.93. The summed E-state index contributed by atoms with van der Waals surface area (Å²) in [6.07, 6.45) is 2.20. The number of rotatable bonds is 11. The summed E-state index contributed by atoms with van der Waals surface area (Å²) in [5, 5.41) is 14.0. The minimum Gasteiger partial charge on any atom is -0.494 e. The maximum absolute atomic E-state index is 13.4. The van der Waals surface area contributed by atoms with Gasteiger partial charge in [0, 0.05) is 12.0 Å². The molecule has 1 heterocycles. The van der Waals surface area contributed by atoms with Gasteiger partial charge in [-0.3, -0.25) is 4.79 Å². The van der Waals surface area contributed by atoms with E-state index in [0.29, 0.717) is 24.3 Å². The van der Waals surface area contributed by atoms with Gasteiger partial charge in [-0.1, -0.05) is 66.2 Å². The van der Waals surface area contributed by atoms with Crippen molar-refractivity contribution in [2.45, 2.75) is 39.5 Å². The van der Waals surface area contributed by atoms with Gasteiger partial charge in [-0.05, 0) is 79.8 Å². The van der Waals surface area contributed by atoms with Crippen LogP contribution >= 0.6 is 0 Å². The Bertz CT molecular complexity index is 1690. The van der Waals surface area contributed by atoms with Gasteiger partial charge in [0.05, 0.1) is 24.4 Å². The molecule has 0 amide bonds. The van der Waals surface area contributed by atoms with E-state index in [9.17, 15) is 14.7 Å². The molecule has 1 aromatic heterocycles. The number of carboxylic acids is 1. The largest absolute Gasteiger partial charge is 0.494 e. The number of hydrogen-bond donors (Lipinski definition) is 1. The standard InChI is InChI=1S/C34H33N3O4/c1-3-41-31-21-18-27(22-28(31)23-33(38)39)26-16-14-25(15-17-26)8-7-11-32-35-37(30-19-12-24(2)13-20-30)34(40)36(32)29-9-5-4-6-10-29/h4-6,9-10,12-22H,3,7-8,11,23H2,1-2H3,(H,38,39). The summed E-state index contributed by atoms with van der Waals surface area (Å²) < 4.78 is 8.79. The molecule has 4 aromatic carbocycles. The molecule has 0 fully saturated rings. The molecule has 0 radical (unpaired) electrons. The first-order valence-corrected chi connectivity index (χ1v) is 13.8. The monoisotopic (exact) mass is 547 g/mol. The number of carboxylic acid groups (broad SMARTS) is 1. The Hall–Kier alpha value is -4.91. The first-order valence-electron chi connectivity index (χ1n) is 13.8. The lowest BCUT2D eigenvalue weighted by Gasteiger charge is -2.11. The second-order valence-corrected chi connectivity index (χ2v) is 9.99. The van der Waals surface area contributed by atoms with E-state index >= 15 is 0 Å². The van der Waals surface area contributed by atoms with Gasteiger partial charge < -0.3 is 9.84 Å². The SMILES string of the molecule is CCOc1ccc(-c2ccc(CCCc3nn(-c4ccc(C)cc4)c(=O)n3-c3ccccc3)cc2)cc1CC(=O)O. The van der Waals surface area contributed by atoms with E-state index in [0.717, 1.165) is 46.7 Å². The maximum atomic E-state index is 13.4. The highest BCUT2D eigenvalue weighted by Gasteiger charge is 2.16. The topological polar surface area (TPSA) is 86.4 Å². The smallest absolute Gasteiger partial charge is 0.355 e. The number of hydrogen-bond acceptors (Lipinski definition) is 4. The Morgan fingerprint density at radius 2 is 1.56 bits per heavy atom. The van der Waals surface area contributed by atoms with Gasteiger partial charge in [-0.25, -0.2) is 9.36 Å². The molecule has 7 nitrogen and oxygen atoms in total. The summed E-state index contributed by atoms with van der Waals surface area (Å²) in [6, 6.07) is 31.4. The molecule has 0 bridgehead atoms. The maximum Gasteiger partial charge on any atom is 0.355 e. The number of nitrogens with zero attached hydrogens (tertiary/aromatic N) is 3. The zero-order chi connectivity index (χ0) is 28.8. The summed E-state index contributed by atoms with van der Waals surface area (Å²) in [4.78, 5) is 24.8. The van der Waals surface area contributed by atoms with E-state index in [2.05, 4.69) is 24.3 Å². The summed E-state index contributed by atoms with van der Waals surface area (Å²) in [7, 11) is 0. The number of para-hydroxylation sites is 1. The van der Waals surface area contributed by atoms with Gasteiger partial charge in [-0.2, -0.15) is 4.68 Å². The fourth-order valence-electron chi connectivity index (χ4n) is 4.93. The van der Waals surface area contributed by atoms with Gasteiger partial charge in [0.2, 0.25) is 0 Å². The van der Waals surface area contributed by atoms with Crippen LogP contribution in [0.1, 0.15) is 35.9 Å². The molecule has 0 spiro atoms. The van der Waals surface area contributed by atoms with E-state index in [1.165, 1.54) is 10.2 Å². The fraction of sp³-hybridized carbons (Fsp3) is 0.206. The summed E-state index contributed by atoms with van der Waals surface area (Å²) in [5.41, 5.74) is 6.28. The van der Waals surface area contributed by atoms with Crippen LogP contribution in [0.5, 0.6) is 5.75 Å². The highest BCUT2D eigenvalue weighted by atomic mass is 16.5. The molecule has 0 saturated heterocycles. The lowest BCUT2D eigenvalue weighted by Crippen LogP contribution is -2.23. The van der Waals surface area contributed by atoms with Crippen LogP contribution in [-0.2, 0) is 24.1 Å². The van der Waals surface area contributed by atoms with E-state index < -0.39 is 5.97 Å². The van der Waals surface area contributed by atoms with Crippen LogP contribution in [0.3, 0.4) is 0 Å². The quantitative estimate of drug-likeness (QED) is 0.213. The summed E-state index contributed by atoms with van der Waals surface area (Å²) in [6.45, 7) is 4.38. The van der Waals surface area contributed by atoms with Gasteiger partial charge in [0.1, 0.15) is 11.6 Å². The third-order valence-electron chi connectivity index (χ3n) is 6.99. The Balaban J connectivity index is 1.33. The molecule has 208 valence electrons. The predicted octanol–water partition coefficient (Wildman–Crippen LogP) is 6.20. The first kappa shape index (κ1) is 27.6. The Kier molecular flexibility index (Phi) is 8.44. The molecule has 0 aliphatic heterocycles. The van der Waals surface area contributed by atoms with Crippen LogP contribution in [-0.4, -0.2) is 32.0 Å². The molecule has 5 rings (SSSR count). The van der Waals surface area contributed by atoms with Crippen LogP contribution in [0.4, 0.5) is 0 Å². The van der Waals surface area contributed by atoms with Crippen molar-refractivity contribution in [2.75, 3.05) is 6.61 Å². The third-order valence-corrected chi connectivity index (χ3v) is 6.99. The van der Waals surface area contributed by atoms with Crippen LogP contribution in [0.25, 0.3) is 22.5 Å². The van der Waals surface area contributed by atoms with E-state index in [-0.39, 0.29) is 12.1 Å². The highest BCUT2D eigenvalue weighted by Crippen LogP contribution is 2.28. The molecule has 0 aliphatic carbocycles. The van der Waals surface area contributed by atoms with Gasteiger partial charge in [0.25, 0.3) is 0 Å². The van der Waals surface area contributed by atoms with Crippen molar-refractivity contribution in [3.8, 4) is 28.3 Å². The van der Waals surface area contributed by atoms with Crippen LogP contribution in [0.15, 0.2) is 102 Å². The molecular weight excluding hydrogens is 514 g/mol. The predicted molar refractivity (Wildman–Crippen MR) is 160 cm³/mol. The first-order chi connectivity index (χ1) is 19.9. The minimum atomic E-state index is -0.889. The zero-order valence-corrected chi connectivity index (χ0v) is 23.3. The molecular formula is C34H33N3O4. The van der Waals surface area contributed by atoms with Crippen molar-refractivity contribution in [3.63, 3.8) is 0 Å². The number of carbonyl (C=O) groups is 1. The molecule has 0 unspecified atom stereocenters. The lowest BCUT2D eigenvalue weighted by molar-refractivity contribution is -0.136. The normalized spacial score (nSPS) is 11.0.